The summed E-state index contributed by atoms with van der Waals surface area (Å²) < 4.78 is 0. The fourth-order valence-corrected chi connectivity index (χ4v) is 1.63. The minimum absolute atomic E-state index is 1.06. The smallest absolute Gasteiger partial charge is 0.0801 e. The maximum atomic E-state index is 4.27. The highest BCUT2D eigenvalue weighted by atomic mass is 32.1. The predicted octanol–water partition coefficient (Wildman–Crippen LogP) is 3.29. The number of thiazole rings is 1. The molecule has 0 atom stereocenters. The number of hydrogen-bond acceptors (Lipinski definition) is 2. The van der Waals surface area contributed by atoms with Crippen molar-refractivity contribution in [1.82, 2.24) is 4.98 Å². The minimum Gasteiger partial charge on any atom is -0.245 e. The Kier molecular flexibility index (Phi) is 3.23. The predicted molar refractivity (Wildman–Crippen MR) is 55.3 cm³/mol. The van der Waals surface area contributed by atoms with Crippen LogP contribution in [0.2, 0.25) is 0 Å². The first-order valence-corrected chi connectivity index (χ1v) is 4.89. The van der Waals surface area contributed by atoms with Gasteiger partial charge >= 0.3 is 0 Å². The van der Waals surface area contributed by atoms with Crippen molar-refractivity contribution < 1.29 is 0 Å². The Morgan fingerprint density at radius 1 is 1.75 bits per heavy atom. The van der Waals surface area contributed by atoms with E-state index in [2.05, 4.69) is 24.6 Å². The fraction of sp³-hybridized carbons (Fsp3) is 0.300. The number of rotatable bonds is 3. The van der Waals surface area contributed by atoms with Crippen LogP contribution >= 0.6 is 11.3 Å². The molecule has 0 radical (unpaired) electrons. The van der Waals surface area contributed by atoms with Gasteiger partial charge < -0.3 is 0 Å². The molecule has 1 heterocycles. The topological polar surface area (TPSA) is 12.9 Å². The molecular weight excluding hydrogens is 166 g/mol. The summed E-state index contributed by atoms with van der Waals surface area (Å²) in [5.41, 5.74) is 4.15. The van der Waals surface area contributed by atoms with Gasteiger partial charge in [0, 0.05) is 4.88 Å². The molecule has 64 valence electrons. The van der Waals surface area contributed by atoms with Crippen molar-refractivity contribution in [2.24, 2.45) is 0 Å². The summed E-state index contributed by atoms with van der Waals surface area (Å²) in [6.07, 6.45) is 4.97. The zero-order valence-corrected chi connectivity index (χ0v) is 8.32. The number of aryl methyl sites for hydroxylation is 1. The van der Waals surface area contributed by atoms with Crippen LogP contribution in [0.5, 0.6) is 0 Å². The molecule has 0 aliphatic carbocycles. The van der Waals surface area contributed by atoms with E-state index >= 15 is 0 Å². The quantitative estimate of drug-likeness (QED) is 0.649. The summed E-state index contributed by atoms with van der Waals surface area (Å²) in [5.74, 6) is 0. The molecule has 0 saturated carbocycles. The Morgan fingerprint density at radius 2 is 2.50 bits per heavy atom. The van der Waals surface area contributed by atoms with Crippen LogP contribution in [0, 0.1) is 0 Å². The van der Waals surface area contributed by atoms with E-state index < -0.39 is 0 Å². The molecule has 1 rings (SSSR count). The van der Waals surface area contributed by atoms with Crippen molar-refractivity contribution in [2.75, 3.05) is 0 Å². The van der Waals surface area contributed by atoms with Crippen molar-refractivity contribution in [3.05, 3.63) is 34.3 Å². The second kappa shape index (κ2) is 4.21. The van der Waals surface area contributed by atoms with Crippen LogP contribution < -0.4 is 0 Å². The summed E-state index contributed by atoms with van der Waals surface area (Å²) in [4.78, 5) is 5.61. The number of nitrogens with zero attached hydrogens (tertiary/aromatic N) is 1. The third kappa shape index (κ3) is 2.05. The van der Waals surface area contributed by atoms with E-state index in [0.29, 0.717) is 0 Å². The van der Waals surface area contributed by atoms with Gasteiger partial charge in [0.2, 0.25) is 0 Å². The molecule has 0 aliphatic rings. The van der Waals surface area contributed by atoms with E-state index in [1.165, 1.54) is 4.88 Å². The molecule has 0 spiro atoms. The Labute approximate surface area is 77.5 Å². The summed E-state index contributed by atoms with van der Waals surface area (Å²) in [5, 5.41) is 0. The van der Waals surface area contributed by atoms with Crippen molar-refractivity contribution in [3.63, 3.8) is 0 Å². The maximum absolute atomic E-state index is 4.27. The summed E-state index contributed by atoms with van der Waals surface area (Å²) in [7, 11) is 0. The SMILES string of the molecule is C=C/C(C)=C\c1ncsc1CC. The molecule has 0 unspecified atom stereocenters. The van der Waals surface area contributed by atoms with Crippen LogP contribution in [-0.2, 0) is 6.42 Å². The third-order valence-corrected chi connectivity index (χ3v) is 2.67. The van der Waals surface area contributed by atoms with Crippen LogP contribution in [0.25, 0.3) is 6.08 Å². The Hall–Kier alpha value is -0.890. The third-order valence-electron chi connectivity index (χ3n) is 1.68. The van der Waals surface area contributed by atoms with E-state index in [-0.39, 0.29) is 0 Å². The first-order valence-electron chi connectivity index (χ1n) is 4.01. The highest BCUT2D eigenvalue weighted by molar-refractivity contribution is 7.09. The molecule has 0 N–H and O–H groups in total. The van der Waals surface area contributed by atoms with Gasteiger partial charge in [-0.1, -0.05) is 19.6 Å². The van der Waals surface area contributed by atoms with Crippen LogP contribution in [0.1, 0.15) is 24.4 Å². The lowest BCUT2D eigenvalue weighted by molar-refractivity contribution is 1.15. The molecule has 0 aliphatic heterocycles. The van der Waals surface area contributed by atoms with Gasteiger partial charge in [-0.15, -0.1) is 11.3 Å². The number of allylic oxidation sites excluding steroid dienone is 2. The summed E-state index contributed by atoms with van der Waals surface area (Å²) >= 11 is 1.71. The molecule has 0 saturated heterocycles. The van der Waals surface area contributed by atoms with Crippen LogP contribution in [0.3, 0.4) is 0 Å². The van der Waals surface area contributed by atoms with Crippen molar-refractivity contribution in [2.45, 2.75) is 20.3 Å². The molecule has 1 aromatic heterocycles. The van der Waals surface area contributed by atoms with E-state index in [1.54, 1.807) is 11.3 Å². The average molecular weight is 179 g/mol. The monoisotopic (exact) mass is 179 g/mol. The van der Waals surface area contributed by atoms with Gasteiger partial charge in [-0.25, -0.2) is 4.98 Å². The van der Waals surface area contributed by atoms with Gasteiger partial charge in [0.25, 0.3) is 0 Å². The molecule has 0 fully saturated rings. The molecular formula is C10H13NS. The van der Waals surface area contributed by atoms with Crippen molar-refractivity contribution in [3.8, 4) is 0 Å². The highest BCUT2D eigenvalue weighted by Gasteiger charge is 1.99. The van der Waals surface area contributed by atoms with Gasteiger partial charge in [-0.05, 0) is 25.0 Å². The molecule has 12 heavy (non-hydrogen) atoms. The molecule has 0 aromatic carbocycles. The molecule has 0 bridgehead atoms. The second-order valence-electron chi connectivity index (χ2n) is 2.61. The first-order chi connectivity index (χ1) is 5.77. The summed E-state index contributed by atoms with van der Waals surface area (Å²) in [6, 6.07) is 0. The fourth-order valence-electron chi connectivity index (χ4n) is 0.936. The highest BCUT2D eigenvalue weighted by Crippen LogP contribution is 2.16. The van der Waals surface area contributed by atoms with Crippen LogP contribution in [0.4, 0.5) is 0 Å². The van der Waals surface area contributed by atoms with Crippen molar-refractivity contribution >= 4 is 17.4 Å². The van der Waals surface area contributed by atoms with E-state index in [4.69, 9.17) is 0 Å². The standard InChI is InChI=1S/C10H13NS/c1-4-8(3)6-9-10(5-2)12-7-11-9/h4,6-7H,1,5H2,2-3H3/b8-6-. The average Bonchev–Trinajstić information content (AvgIpc) is 2.51. The minimum atomic E-state index is 1.06. The Bertz CT molecular complexity index is 297. The van der Waals surface area contributed by atoms with Gasteiger partial charge in [0.1, 0.15) is 0 Å². The number of hydrogen-bond donors (Lipinski definition) is 0. The zero-order chi connectivity index (χ0) is 8.97. The maximum Gasteiger partial charge on any atom is 0.0801 e. The Morgan fingerprint density at radius 3 is 3.08 bits per heavy atom. The lowest BCUT2D eigenvalue weighted by Crippen LogP contribution is -1.80. The first kappa shape index (κ1) is 9.20. The largest absolute Gasteiger partial charge is 0.245 e. The van der Waals surface area contributed by atoms with E-state index in [9.17, 15) is 0 Å². The van der Waals surface area contributed by atoms with Crippen molar-refractivity contribution in [1.29, 1.82) is 0 Å². The second-order valence-corrected chi connectivity index (χ2v) is 3.55. The van der Waals surface area contributed by atoms with E-state index in [1.807, 2.05) is 18.5 Å². The van der Waals surface area contributed by atoms with E-state index in [0.717, 1.165) is 17.7 Å². The lowest BCUT2D eigenvalue weighted by atomic mass is 10.2. The van der Waals surface area contributed by atoms with Crippen LogP contribution in [-0.4, -0.2) is 4.98 Å². The molecule has 2 heteroatoms. The molecule has 1 aromatic rings. The number of aromatic nitrogens is 1. The Balaban J connectivity index is 2.94. The van der Waals surface area contributed by atoms with Gasteiger partial charge in [-0.3, -0.25) is 0 Å². The molecule has 0 amide bonds. The van der Waals surface area contributed by atoms with Crippen LogP contribution in [0.15, 0.2) is 23.7 Å². The van der Waals surface area contributed by atoms with Gasteiger partial charge in [0.15, 0.2) is 0 Å². The summed E-state index contributed by atoms with van der Waals surface area (Å²) in [6.45, 7) is 7.88. The van der Waals surface area contributed by atoms with Gasteiger partial charge in [-0.2, -0.15) is 0 Å². The zero-order valence-electron chi connectivity index (χ0n) is 7.50. The lowest BCUT2D eigenvalue weighted by Gasteiger charge is -1.93. The van der Waals surface area contributed by atoms with Gasteiger partial charge in [0.05, 0.1) is 11.2 Å². The molecule has 1 nitrogen and oxygen atoms in total. The normalized spacial score (nSPS) is 11.7.